The van der Waals surface area contributed by atoms with Gasteiger partial charge in [0, 0.05) is 19.4 Å². The van der Waals surface area contributed by atoms with Crippen LogP contribution in [0.3, 0.4) is 0 Å². The molecule has 0 saturated carbocycles. The van der Waals surface area contributed by atoms with E-state index in [2.05, 4.69) is 93.7 Å². The Morgan fingerprint density at radius 2 is 0.682 bits per heavy atom. The van der Waals surface area contributed by atoms with Crippen LogP contribution in [0.4, 0.5) is 0 Å². The first-order chi connectivity index (χ1) is 32.6. The molecule has 0 aromatic rings. The Morgan fingerprint density at radius 1 is 0.348 bits per heavy atom. The maximum atomic E-state index is 12.8. The predicted octanol–water partition coefficient (Wildman–Crippen LogP) is 19.5. The second kappa shape index (κ2) is 56.7. The summed E-state index contributed by atoms with van der Waals surface area (Å²) in [4.78, 5) is 25.5. The Labute approximate surface area is 410 Å². The highest BCUT2D eigenvalue weighted by Crippen LogP contribution is 2.15. The average Bonchev–Trinajstić information content (AvgIpc) is 3.32. The Bertz CT molecular complexity index is 1180. The minimum atomic E-state index is -0.558. The maximum Gasteiger partial charge on any atom is 0.306 e. The van der Waals surface area contributed by atoms with Crippen molar-refractivity contribution in [1.82, 2.24) is 0 Å². The molecule has 1 atom stereocenters. The fraction of sp³-hybridized carbons (Fsp3) is 0.770. The zero-order valence-electron chi connectivity index (χ0n) is 44.0. The van der Waals surface area contributed by atoms with Crippen molar-refractivity contribution >= 4 is 11.9 Å². The van der Waals surface area contributed by atoms with Crippen molar-refractivity contribution < 1.29 is 23.8 Å². The summed E-state index contributed by atoms with van der Waals surface area (Å²) >= 11 is 0. The van der Waals surface area contributed by atoms with Crippen LogP contribution in [0.2, 0.25) is 0 Å². The molecule has 0 amide bonds. The molecule has 0 aromatic heterocycles. The third kappa shape index (κ3) is 54.0. The van der Waals surface area contributed by atoms with Crippen molar-refractivity contribution in [3.63, 3.8) is 0 Å². The highest BCUT2D eigenvalue weighted by molar-refractivity contribution is 5.70. The molecule has 0 aliphatic heterocycles. The molecule has 5 heteroatoms. The van der Waals surface area contributed by atoms with Gasteiger partial charge in [0.05, 0.1) is 6.61 Å². The molecule has 0 bridgehead atoms. The average molecular weight is 922 g/mol. The third-order valence-corrected chi connectivity index (χ3v) is 12.2. The van der Waals surface area contributed by atoms with Crippen LogP contribution >= 0.6 is 0 Å². The van der Waals surface area contributed by atoms with E-state index in [-0.39, 0.29) is 25.2 Å². The SMILES string of the molecule is CC/C=C\C/C=C\C/C=C\CCCCCC(=O)OC(COCCCCCCCCCC/C=C\C/C=C\CCCCC)COC(=O)CCCCCCCCCCC/C=C\CCCCCCCC. The predicted molar refractivity (Wildman–Crippen MR) is 288 cm³/mol. The molecule has 0 heterocycles. The first-order valence-corrected chi connectivity index (χ1v) is 28.5. The van der Waals surface area contributed by atoms with Crippen LogP contribution in [0, 0.1) is 0 Å². The van der Waals surface area contributed by atoms with Gasteiger partial charge in [-0.2, -0.15) is 0 Å². The lowest BCUT2D eigenvalue weighted by atomic mass is 10.1. The first-order valence-electron chi connectivity index (χ1n) is 28.5. The van der Waals surface area contributed by atoms with E-state index in [1.807, 2.05) is 0 Å². The van der Waals surface area contributed by atoms with E-state index >= 15 is 0 Å². The van der Waals surface area contributed by atoms with E-state index in [0.29, 0.717) is 19.4 Å². The summed E-state index contributed by atoms with van der Waals surface area (Å²) in [5.74, 6) is -0.430. The van der Waals surface area contributed by atoms with Crippen LogP contribution in [-0.4, -0.2) is 37.9 Å². The van der Waals surface area contributed by atoms with Crippen LogP contribution in [-0.2, 0) is 23.8 Å². The highest BCUT2D eigenvalue weighted by Gasteiger charge is 2.17. The van der Waals surface area contributed by atoms with Gasteiger partial charge in [-0.3, -0.25) is 9.59 Å². The van der Waals surface area contributed by atoms with E-state index in [1.54, 1.807) is 0 Å². The summed E-state index contributed by atoms with van der Waals surface area (Å²) in [5, 5.41) is 0. The fourth-order valence-corrected chi connectivity index (χ4v) is 7.96. The van der Waals surface area contributed by atoms with Crippen molar-refractivity contribution in [2.45, 2.75) is 284 Å². The number of hydrogen-bond donors (Lipinski definition) is 0. The molecule has 1 unspecified atom stereocenters. The lowest BCUT2D eigenvalue weighted by Crippen LogP contribution is -2.30. The molecule has 66 heavy (non-hydrogen) atoms. The summed E-state index contributed by atoms with van der Waals surface area (Å²) in [6.07, 6.45) is 73.5. The van der Waals surface area contributed by atoms with E-state index in [4.69, 9.17) is 14.2 Å². The fourth-order valence-electron chi connectivity index (χ4n) is 7.96. The van der Waals surface area contributed by atoms with Gasteiger partial charge in [-0.25, -0.2) is 0 Å². The molecule has 0 spiro atoms. The normalized spacial score (nSPS) is 12.7. The molecule has 5 nitrogen and oxygen atoms in total. The number of ether oxygens (including phenoxy) is 3. The minimum absolute atomic E-state index is 0.0690. The molecule has 0 fully saturated rings. The van der Waals surface area contributed by atoms with E-state index < -0.39 is 6.10 Å². The van der Waals surface area contributed by atoms with Crippen molar-refractivity contribution in [3.8, 4) is 0 Å². The summed E-state index contributed by atoms with van der Waals surface area (Å²) in [6, 6.07) is 0. The zero-order valence-corrected chi connectivity index (χ0v) is 44.0. The quantitative estimate of drug-likeness (QED) is 0.0346. The number of carbonyl (C=O) groups excluding carboxylic acids is 2. The van der Waals surface area contributed by atoms with Crippen molar-refractivity contribution in [2.24, 2.45) is 0 Å². The van der Waals surface area contributed by atoms with Crippen LogP contribution in [0.5, 0.6) is 0 Å². The van der Waals surface area contributed by atoms with Gasteiger partial charge in [0.25, 0.3) is 0 Å². The molecule has 0 rings (SSSR count). The van der Waals surface area contributed by atoms with Crippen molar-refractivity contribution in [3.05, 3.63) is 72.9 Å². The number of allylic oxidation sites excluding steroid dienone is 12. The monoisotopic (exact) mass is 921 g/mol. The van der Waals surface area contributed by atoms with Crippen LogP contribution in [0.25, 0.3) is 0 Å². The molecule has 382 valence electrons. The van der Waals surface area contributed by atoms with Gasteiger partial charge in [-0.15, -0.1) is 0 Å². The number of esters is 2. The Hall–Kier alpha value is -2.66. The Morgan fingerprint density at radius 3 is 1.15 bits per heavy atom. The van der Waals surface area contributed by atoms with Gasteiger partial charge >= 0.3 is 11.9 Å². The molecule has 0 aliphatic rings. The van der Waals surface area contributed by atoms with Gasteiger partial charge in [-0.05, 0) is 109 Å². The molecule has 0 N–H and O–H groups in total. The molecule has 0 saturated heterocycles. The smallest absolute Gasteiger partial charge is 0.306 e. The second-order valence-corrected chi connectivity index (χ2v) is 18.8. The van der Waals surface area contributed by atoms with Gasteiger partial charge in [-0.1, -0.05) is 229 Å². The Kier molecular flexibility index (Phi) is 54.4. The topological polar surface area (TPSA) is 61.8 Å². The van der Waals surface area contributed by atoms with E-state index in [0.717, 1.165) is 77.0 Å². The van der Waals surface area contributed by atoms with Gasteiger partial charge in [0.2, 0.25) is 0 Å². The van der Waals surface area contributed by atoms with Crippen molar-refractivity contribution in [2.75, 3.05) is 19.8 Å². The van der Waals surface area contributed by atoms with Crippen LogP contribution in [0.1, 0.15) is 278 Å². The summed E-state index contributed by atoms with van der Waals surface area (Å²) < 4.78 is 17.4. The third-order valence-electron chi connectivity index (χ3n) is 12.2. The lowest BCUT2D eigenvalue weighted by Gasteiger charge is -2.18. The number of carbonyl (C=O) groups is 2. The molecule has 0 radical (unpaired) electrons. The number of unbranched alkanes of at least 4 members (excludes halogenated alkanes) is 29. The summed E-state index contributed by atoms with van der Waals surface area (Å²) in [7, 11) is 0. The van der Waals surface area contributed by atoms with Crippen LogP contribution < -0.4 is 0 Å². The lowest BCUT2D eigenvalue weighted by molar-refractivity contribution is -0.163. The van der Waals surface area contributed by atoms with E-state index in [1.165, 1.54) is 167 Å². The minimum Gasteiger partial charge on any atom is -0.462 e. The maximum absolute atomic E-state index is 12.8. The molecular formula is C61H108O5. The standard InChI is InChI=1S/C61H108O5/c1-4-7-10-13-16-19-22-25-27-29-31-32-34-37-39-42-45-48-51-54-60(62)65-58-59(66-61(63)55-52-49-46-43-40-36-24-21-18-15-12-9-6-3)57-64-56-53-50-47-44-41-38-35-33-30-28-26-23-20-17-14-11-8-5-2/h9,12,17-18,20-21,25-28,36,40,59H,4-8,10-11,13-16,19,22-24,29-35,37-39,41-58H2,1-3H3/b12-9-,20-17-,21-18-,27-25-,28-26-,40-36-. The number of hydrogen-bond acceptors (Lipinski definition) is 5. The second-order valence-electron chi connectivity index (χ2n) is 18.8. The first kappa shape index (κ1) is 63.3. The van der Waals surface area contributed by atoms with Crippen molar-refractivity contribution in [1.29, 1.82) is 0 Å². The molecule has 0 aromatic carbocycles. The van der Waals surface area contributed by atoms with E-state index in [9.17, 15) is 9.59 Å². The van der Waals surface area contributed by atoms with Gasteiger partial charge in [0.15, 0.2) is 6.10 Å². The number of rotatable bonds is 52. The Balaban J connectivity index is 4.27. The largest absolute Gasteiger partial charge is 0.462 e. The van der Waals surface area contributed by atoms with Gasteiger partial charge in [0.1, 0.15) is 6.61 Å². The molecular weight excluding hydrogens is 813 g/mol. The summed E-state index contributed by atoms with van der Waals surface area (Å²) in [5.41, 5.74) is 0. The zero-order chi connectivity index (χ0) is 47.7. The highest BCUT2D eigenvalue weighted by atomic mass is 16.6. The van der Waals surface area contributed by atoms with Crippen LogP contribution in [0.15, 0.2) is 72.9 Å². The molecule has 0 aliphatic carbocycles. The van der Waals surface area contributed by atoms with Gasteiger partial charge < -0.3 is 14.2 Å². The summed E-state index contributed by atoms with van der Waals surface area (Å²) in [6.45, 7) is 7.67.